The zero-order chi connectivity index (χ0) is 17.9. The number of aromatic amines is 1. The minimum absolute atomic E-state index is 0.0942. The molecular weight excluding hydrogens is 330 g/mol. The molecule has 0 aliphatic carbocycles. The topological polar surface area (TPSA) is 95.8 Å². The van der Waals surface area contributed by atoms with Crippen LogP contribution in [0.3, 0.4) is 0 Å². The summed E-state index contributed by atoms with van der Waals surface area (Å²) >= 11 is 0. The fourth-order valence-electron chi connectivity index (χ4n) is 2.92. The van der Waals surface area contributed by atoms with Crippen molar-refractivity contribution >= 4 is 22.5 Å². The number of carbonyl (C=O) groups excluding carboxylic acids is 1. The smallest absolute Gasteiger partial charge is 0.276 e. The lowest BCUT2D eigenvalue weighted by Gasteiger charge is -2.14. The molecule has 2 aromatic carbocycles. The lowest BCUT2D eigenvalue weighted by Crippen LogP contribution is -2.15. The van der Waals surface area contributed by atoms with Gasteiger partial charge in [-0.2, -0.15) is 10.2 Å². The number of aliphatic hydroxyl groups excluding tert-OH is 1. The molecule has 7 nitrogen and oxygen atoms in total. The molecule has 4 aromatic rings. The number of para-hydroxylation sites is 1. The van der Waals surface area contributed by atoms with Gasteiger partial charge in [0.25, 0.3) is 5.91 Å². The summed E-state index contributed by atoms with van der Waals surface area (Å²) in [5.74, 6) is -0.317. The number of fused-ring (bicyclic) bond motifs is 1. The lowest BCUT2D eigenvalue weighted by molar-refractivity contribution is 0.102. The largest absolute Gasteiger partial charge is 0.394 e. The van der Waals surface area contributed by atoms with Crippen LogP contribution in [-0.2, 0) is 0 Å². The van der Waals surface area contributed by atoms with E-state index in [4.69, 9.17) is 0 Å². The van der Waals surface area contributed by atoms with Gasteiger partial charge in [0.05, 0.1) is 30.0 Å². The number of carbonyl (C=O) groups is 1. The molecule has 0 bridgehead atoms. The van der Waals surface area contributed by atoms with Crippen molar-refractivity contribution in [2.45, 2.75) is 6.04 Å². The fourth-order valence-corrected chi connectivity index (χ4v) is 2.92. The van der Waals surface area contributed by atoms with E-state index >= 15 is 0 Å². The molecule has 3 N–H and O–H groups in total. The first-order valence-electron chi connectivity index (χ1n) is 8.20. The summed E-state index contributed by atoms with van der Waals surface area (Å²) in [6.45, 7) is -0.0942. The van der Waals surface area contributed by atoms with Gasteiger partial charge in [-0.25, -0.2) is 0 Å². The average Bonchev–Trinajstić information content (AvgIpc) is 3.30. The van der Waals surface area contributed by atoms with E-state index in [2.05, 4.69) is 20.6 Å². The van der Waals surface area contributed by atoms with Crippen LogP contribution >= 0.6 is 0 Å². The molecule has 1 amide bonds. The Kier molecular flexibility index (Phi) is 4.20. The van der Waals surface area contributed by atoms with Crippen LogP contribution in [0.2, 0.25) is 0 Å². The van der Waals surface area contributed by atoms with Gasteiger partial charge in [-0.1, -0.05) is 48.5 Å². The highest BCUT2D eigenvalue weighted by atomic mass is 16.3. The number of hydrogen-bond acceptors (Lipinski definition) is 4. The molecule has 7 heteroatoms. The molecule has 2 heterocycles. The Morgan fingerprint density at radius 1 is 1.15 bits per heavy atom. The van der Waals surface area contributed by atoms with Gasteiger partial charge in [-0.3, -0.25) is 14.6 Å². The average molecular weight is 347 g/mol. The third-order valence-electron chi connectivity index (χ3n) is 4.22. The molecule has 130 valence electrons. The molecule has 0 saturated carbocycles. The summed E-state index contributed by atoms with van der Waals surface area (Å²) in [6.07, 6.45) is 3.25. The van der Waals surface area contributed by atoms with E-state index in [1.807, 2.05) is 54.6 Å². The van der Waals surface area contributed by atoms with Crippen molar-refractivity contribution in [2.24, 2.45) is 0 Å². The van der Waals surface area contributed by atoms with E-state index < -0.39 is 0 Å². The monoisotopic (exact) mass is 347 g/mol. The van der Waals surface area contributed by atoms with Crippen LogP contribution in [0.5, 0.6) is 0 Å². The van der Waals surface area contributed by atoms with Gasteiger partial charge in [0.15, 0.2) is 5.69 Å². The summed E-state index contributed by atoms with van der Waals surface area (Å²) in [5.41, 5.74) is 2.61. The Morgan fingerprint density at radius 2 is 1.92 bits per heavy atom. The second-order valence-corrected chi connectivity index (χ2v) is 5.89. The maximum Gasteiger partial charge on any atom is 0.276 e. The second-order valence-electron chi connectivity index (χ2n) is 5.89. The van der Waals surface area contributed by atoms with E-state index in [0.29, 0.717) is 11.4 Å². The van der Waals surface area contributed by atoms with Gasteiger partial charge in [0.2, 0.25) is 0 Å². The highest BCUT2D eigenvalue weighted by Crippen LogP contribution is 2.20. The quantitative estimate of drug-likeness (QED) is 0.517. The molecule has 0 fully saturated rings. The van der Waals surface area contributed by atoms with E-state index in [9.17, 15) is 9.90 Å². The molecule has 0 saturated heterocycles. The molecular formula is C19H17N5O2. The number of nitrogens with zero attached hydrogens (tertiary/aromatic N) is 3. The van der Waals surface area contributed by atoms with Crippen molar-refractivity contribution in [3.63, 3.8) is 0 Å². The SMILES string of the molecule is O=C(Nc1cnn(C(CO)c2ccccc2)c1)c1n[nH]c2ccccc12. The maximum atomic E-state index is 12.5. The Balaban J connectivity index is 1.56. The third-order valence-corrected chi connectivity index (χ3v) is 4.22. The van der Waals surface area contributed by atoms with Gasteiger partial charge in [-0.05, 0) is 11.6 Å². The summed E-state index contributed by atoms with van der Waals surface area (Å²) in [5, 5.41) is 24.5. The van der Waals surface area contributed by atoms with Crippen molar-refractivity contribution in [2.75, 3.05) is 11.9 Å². The van der Waals surface area contributed by atoms with Crippen LogP contribution in [0, 0.1) is 0 Å². The number of aromatic nitrogens is 4. The number of H-pyrrole nitrogens is 1. The molecule has 4 rings (SSSR count). The number of aliphatic hydroxyl groups is 1. The van der Waals surface area contributed by atoms with Crippen LogP contribution in [0.25, 0.3) is 10.9 Å². The standard InChI is InChI=1S/C19H17N5O2/c25-12-17(13-6-2-1-3-7-13)24-11-14(10-20-24)21-19(26)18-15-8-4-5-9-16(15)22-23-18/h1-11,17,25H,12H2,(H,21,26)(H,22,23). The van der Waals surface area contributed by atoms with Gasteiger partial charge in [0, 0.05) is 11.6 Å². The zero-order valence-electron chi connectivity index (χ0n) is 13.8. The first-order chi connectivity index (χ1) is 12.8. The Hall–Kier alpha value is -3.45. The highest BCUT2D eigenvalue weighted by Gasteiger charge is 2.17. The van der Waals surface area contributed by atoms with E-state index in [0.717, 1.165) is 16.5 Å². The molecule has 0 spiro atoms. The van der Waals surface area contributed by atoms with Crippen LogP contribution in [0.15, 0.2) is 67.0 Å². The molecule has 2 aromatic heterocycles. The second kappa shape index (κ2) is 6.81. The van der Waals surface area contributed by atoms with Crippen molar-refractivity contribution in [3.05, 3.63) is 78.2 Å². The fraction of sp³-hybridized carbons (Fsp3) is 0.105. The van der Waals surface area contributed by atoms with E-state index in [1.54, 1.807) is 17.1 Å². The molecule has 0 aliphatic rings. The summed E-state index contributed by atoms with van der Waals surface area (Å²) in [4.78, 5) is 12.5. The zero-order valence-corrected chi connectivity index (χ0v) is 13.8. The number of benzene rings is 2. The Bertz CT molecular complexity index is 1040. The molecule has 26 heavy (non-hydrogen) atoms. The number of rotatable bonds is 5. The van der Waals surface area contributed by atoms with E-state index in [-0.39, 0.29) is 18.6 Å². The predicted molar refractivity (Wildman–Crippen MR) is 97.9 cm³/mol. The summed E-state index contributed by atoms with van der Waals surface area (Å²) in [6, 6.07) is 16.7. The third kappa shape index (κ3) is 2.96. The number of amides is 1. The number of nitrogens with one attached hydrogen (secondary N) is 2. The molecule has 1 unspecified atom stereocenters. The Labute approximate surface area is 149 Å². The first-order valence-corrected chi connectivity index (χ1v) is 8.20. The van der Waals surface area contributed by atoms with Gasteiger partial charge < -0.3 is 10.4 Å². The number of anilines is 1. The van der Waals surface area contributed by atoms with E-state index in [1.165, 1.54) is 0 Å². The molecule has 1 atom stereocenters. The maximum absolute atomic E-state index is 12.5. The van der Waals surface area contributed by atoms with Gasteiger partial charge in [0.1, 0.15) is 0 Å². The molecule has 0 radical (unpaired) electrons. The van der Waals surface area contributed by atoms with Crippen LogP contribution in [0.4, 0.5) is 5.69 Å². The van der Waals surface area contributed by atoms with Crippen molar-refractivity contribution in [3.8, 4) is 0 Å². The van der Waals surface area contributed by atoms with Gasteiger partial charge >= 0.3 is 0 Å². The van der Waals surface area contributed by atoms with Crippen molar-refractivity contribution < 1.29 is 9.90 Å². The van der Waals surface area contributed by atoms with Gasteiger partial charge in [-0.15, -0.1) is 0 Å². The predicted octanol–water partition coefficient (Wildman–Crippen LogP) is 2.59. The summed E-state index contributed by atoms with van der Waals surface area (Å²) in [7, 11) is 0. The lowest BCUT2D eigenvalue weighted by atomic mass is 10.1. The minimum Gasteiger partial charge on any atom is -0.394 e. The summed E-state index contributed by atoms with van der Waals surface area (Å²) < 4.78 is 1.63. The highest BCUT2D eigenvalue weighted by molar-refractivity contribution is 6.10. The van der Waals surface area contributed by atoms with Crippen LogP contribution in [-0.4, -0.2) is 37.6 Å². The van der Waals surface area contributed by atoms with Crippen molar-refractivity contribution in [1.82, 2.24) is 20.0 Å². The molecule has 0 aliphatic heterocycles. The normalized spacial score (nSPS) is 12.2. The van der Waals surface area contributed by atoms with Crippen LogP contribution < -0.4 is 5.32 Å². The first kappa shape index (κ1) is 16.0. The minimum atomic E-state index is -0.317. The van der Waals surface area contributed by atoms with Crippen LogP contribution in [0.1, 0.15) is 22.1 Å². The Morgan fingerprint density at radius 3 is 2.73 bits per heavy atom. The number of hydrogen-bond donors (Lipinski definition) is 3. The van der Waals surface area contributed by atoms with Crippen molar-refractivity contribution in [1.29, 1.82) is 0 Å².